The third kappa shape index (κ3) is 4.27. The zero-order valence-corrected chi connectivity index (χ0v) is 16.2. The van der Waals surface area contributed by atoms with Crippen LogP contribution < -0.4 is 10.6 Å². The summed E-state index contributed by atoms with van der Waals surface area (Å²) >= 11 is 10.7. The van der Waals surface area contributed by atoms with E-state index in [1.165, 1.54) is 11.3 Å². The van der Waals surface area contributed by atoms with E-state index >= 15 is 0 Å². The highest BCUT2D eigenvalue weighted by Gasteiger charge is 2.37. The van der Waals surface area contributed by atoms with Gasteiger partial charge in [-0.1, -0.05) is 28.1 Å². The fraction of sp³-hybridized carbons (Fsp3) is 0.286. The number of urea groups is 1. The Balaban J connectivity index is 1.64. The molecule has 2 unspecified atom stereocenters. The van der Waals surface area contributed by atoms with Gasteiger partial charge in [0.2, 0.25) is 0 Å². The van der Waals surface area contributed by atoms with Crippen LogP contribution in [0.2, 0.25) is 0 Å². The Hall–Kier alpha value is -1.16. The number of carbonyl (C=O) groups is 1. The predicted octanol–water partition coefficient (Wildman–Crippen LogP) is 3.10. The maximum Gasteiger partial charge on any atom is 0.321 e. The van der Waals surface area contributed by atoms with E-state index in [1.807, 2.05) is 29.6 Å². The van der Waals surface area contributed by atoms with E-state index < -0.39 is 27.3 Å². The number of aromatic nitrogens is 1. The molecule has 0 saturated carbocycles. The average molecular weight is 451 g/mol. The minimum atomic E-state index is -3.19. The van der Waals surface area contributed by atoms with Gasteiger partial charge in [0.15, 0.2) is 15.0 Å². The molecule has 1 aliphatic heterocycles. The Morgan fingerprint density at radius 1 is 1.38 bits per heavy atom. The minimum Gasteiger partial charge on any atom is -0.333 e. The monoisotopic (exact) mass is 449 g/mol. The lowest BCUT2D eigenvalue weighted by molar-refractivity contribution is 0.249. The molecule has 2 heterocycles. The molecule has 6 nitrogen and oxygen atoms in total. The van der Waals surface area contributed by atoms with E-state index in [2.05, 4.69) is 31.5 Å². The molecule has 2 aromatic rings. The fourth-order valence-corrected chi connectivity index (χ4v) is 6.01. The van der Waals surface area contributed by atoms with Crippen molar-refractivity contribution in [2.24, 2.45) is 0 Å². The van der Waals surface area contributed by atoms with Crippen molar-refractivity contribution >= 4 is 59.9 Å². The minimum absolute atomic E-state index is 0.121. The van der Waals surface area contributed by atoms with Crippen molar-refractivity contribution in [2.45, 2.75) is 11.4 Å². The van der Waals surface area contributed by atoms with Crippen LogP contribution >= 0.6 is 38.9 Å². The molecule has 1 aromatic heterocycles. The summed E-state index contributed by atoms with van der Waals surface area (Å²) in [5.74, 6) is -0.264. The lowest BCUT2D eigenvalue weighted by Crippen LogP contribution is -2.42. The number of halogens is 2. The third-order valence-electron chi connectivity index (χ3n) is 3.44. The number of alkyl halides is 1. The molecule has 10 heteroatoms. The summed E-state index contributed by atoms with van der Waals surface area (Å²) in [6.45, 7) is 0. The average Bonchev–Trinajstić information content (AvgIpc) is 3.03. The van der Waals surface area contributed by atoms with Gasteiger partial charge in [-0.05, 0) is 12.1 Å². The highest BCUT2D eigenvalue weighted by Crippen LogP contribution is 2.27. The van der Waals surface area contributed by atoms with Crippen molar-refractivity contribution in [1.82, 2.24) is 10.3 Å². The summed E-state index contributed by atoms with van der Waals surface area (Å²) in [5.41, 5.74) is 1.67. The van der Waals surface area contributed by atoms with Crippen molar-refractivity contribution in [2.75, 3.05) is 16.8 Å². The highest BCUT2D eigenvalue weighted by molar-refractivity contribution is 9.10. The topological polar surface area (TPSA) is 88.2 Å². The number of carbonyl (C=O) groups excluding carboxylic acids is 1. The molecule has 24 heavy (non-hydrogen) atoms. The maximum absolute atomic E-state index is 12.0. The van der Waals surface area contributed by atoms with E-state index in [4.69, 9.17) is 11.6 Å². The Labute approximate surface area is 156 Å². The van der Waals surface area contributed by atoms with E-state index in [0.29, 0.717) is 5.13 Å². The molecule has 1 aromatic carbocycles. The molecule has 0 bridgehead atoms. The zero-order chi connectivity index (χ0) is 17.3. The van der Waals surface area contributed by atoms with Crippen LogP contribution in [0.25, 0.3) is 11.3 Å². The summed E-state index contributed by atoms with van der Waals surface area (Å²) in [7, 11) is -3.19. The number of nitrogens with zero attached hydrogens (tertiary/aromatic N) is 1. The highest BCUT2D eigenvalue weighted by atomic mass is 79.9. The first-order valence-electron chi connectivity index (χ1n) is 6.96. The van der Waals surface area contributed by atoms with Crippen molar-refractivity contribution in [3.05, 3.63) is 34.1 Å². The van der Waals surface area contributed by atoms with Gasteiger partial charge in [-0.25, -0.2) is 18.2 Å². The summed E-state index contributed by atoms with van der Waals surface area (Å²) < 4.78 is 24.0. The van der Waals surface area contributed by atoms with Crippen LogP contribution in [0, 0.1) is 0 Å². The molecule has 3 rings (SSSR count). The van der Waals surface area contributed by atoms with Crippen molar-refractivity contribution in [1.29, 1.82) is 0 Å². The largest absolute Gasteiger partial charge is 0.333 e. The van der Waals surface area contributed by atoms with Gasteiger partial charge in [-0.15, -0.1) is 22.9 Å². The molecule has 0 spiro atoms. The summed E-state index contributed by atoms with van der Waals surface area (Å²) in [4.78, 5) is 16.4. The number of nitrogens with one attached hydrogen (secondary N) is 2. The molecule has 128 valence electrons. The molecular weight excluding hydrogens is 438 g/mol. The van der Waals surface area contributed by atoms with Crippen molar-refractivity contribution in [3.8, 4) is 11.3 Å². The summed E-state index contributed by atoms with van der Waals surface area (Å²) in [5, 5.41) is 6.85. The van der Waals surface area contributed by atoms with Crippen LogP contribution in [-0.4, -0.2) is 42.4 Å². The number of sulfone groups is 1. The maximum atomic E-state index is 12.0. The van der Waals surface area contributed by atoms with Gasteiger partial charge in [0, 0.05) is 15.4 Å². The van der Waals surface area contributed by atoms with Crippen molar-refractivity contribution in [3.63, 3.8) is 0 Å². The van der Waals surface area contributed by atoms with E-state index in [9.17, 15) is 13.2 Å². The quantitative estimate of drug-likeness (QED) is 0.703. The SMILES string of the molecule is O=C(Nc1nc(-c2cccc(Br)c2)cs1)NC1CS(=O)(=O)CC1Cl. The smallest absolute Gasteiger partial charge is 0.321 e. The second kappa shape index (κ2) is 6.99. The molecule has 1 aliphatic rings. The second-order valence-corrected chi connectivity index (χ2v) is 9.83. The number of benzene rings is 1. The molecule has 1 fully saturated rings. The zero-order valence-electron chi connectivity index (χ0n) is 12.2. The summed E-state index contributed by atoms with van der Waals surface area (Å²) in [6.07, 6.45) is 0. The Morgan fingerprint density at radius 2 is 2.17 bits per heavy atom. The number of rotatable bonds is 3. The Bertz CT molecular complexity index is 872. The number of hydrogen-bond donors (Lipinski definition) is 2. The van der Waals surface area contributed by atoms with Gasteiger partial charge in [0.05, 0.1) is 28.6 Å². The van der Waals surface area contributed by atoms with Gasteiger partial charge in [0.1, 0.15) is 0 Å². The predicted molar refractivity (Wildman–Crippen MR) is 99.5 cm³/mol. The van der Waals surface area contributed by atoms with Gasteiger partial charge < -0.3 is 5.32 Å². The number of thiazole rings is 1. The molecule has 2 atom stereocenters. The standard InChI is InChI=1S/C14H13BrClN3O3S2/c15-9-3-1-2-8(4-9)11-5-23-14(18-11)19-13(20)17-12-7-24(21,22)6-10(12)16/h1-5,10,12H,6-7H2,(H2,17,18,19,20). The molecule has 2 amide bonds. The first-order valence-corrected chi connectivity index (χ1v) is 10.9. The number of hydrogen-bond acceptors (Lipinski definition) is 5. The molecular formula is C14H13BrClN3O3S2. The molecule has 1 saturated heterocycles. The fourth-order valence-electron chi connectivity index (χ4n) is 2.35. The van der Waals surface area contributed by atoms with Gasteiger partial charge in [-0.2, -0.15) is 0 Å². The first kappa shape index (κ1) is 17.7. The van der Waals surface area contributed by atoms with E-state index in [0.717, 1.165) is 15.7 Å². The van der Waals surface area contributed by atoms with Gasteiger partial charge >= 0.3 is 6.03 Å². The lowest BCUT2D eigenvalue weighted by atomic mass is 10.2. The third-order valence-corrected chi connectivity index (χ3v) is 7.07. The molecule has 2 N–H and O–H groups in total. The first-order chi connectivity index (χ1) is 11.3. The van der Waals surface area contributed by atoms with Gasteiger partial charge in [0.25, 0.3) is 0 Å². The number of amides is 2. The van der Waals surface area contributed by atoms with Crippen LogP contribution in [0.5, 0.6) is 0 Å². The van der Waals surface area contributed by atoms with Crippen LogP contribution in [0.4, 0.5) is 9.93 Å². The summed E-state index contributed by atoms with van der Waals surface area (Å²) in [6, 6.07) is 6.56. The van der Waals surface area contributed by atoms with Crippen LogP contribution in [-0.2, 0) is 9.84 Å². The normalized spacial score (nSPS) is 22.2. The van der Waals surface area contributed by atoms with E-state index in [-0.39, 0.29) is 11.5 Å². The number of anilines is 1. The Kier molecular flexibility index (Phi) is 5.14. The van der Waals surface area contributed by atoms with Crippen LogP contribution in [0.1, 0.15) is 0 Å². The van der Waals surface area contributed by atoms with Crippen molar-refractivity contribution < 1.29 is 13.2 Å². The molecule has 0 aliphatic carbocycles. The van der Waals surface area contributed by atoms with E-state index in [1.54, 1.807) is 0 Å². The van der Waals surface area contributed by atoms with Crippen LogP contribution in [0.3, 0.4) is 0 Å². The molecule has 0 radical (unpaired) electrons. The Morgan fingerprint density at radius 3 is 2.83 bits per heavy atom. The second-order valence-electron chi connectivity index (χ2n) is 5.35. The lowest BCUT2D eigenvalue weighted by Gasteiger charge is -2.13. The van der Waals surface area contributed by atoms with Gasteiger partial charge in [-0.3, -0.25) is 5.32 Å². The van der Waals surface area contributed by atoms with Crippen LogP contribution in [0.15, 0.2) is 34.1 Å².